The molecule has 18 heavy (non-hydrogen) atoms. The number of rotatable bonds is 4. The molecule has 0 bridgehead atoms. The minimum atomic E-state index is 0.124. The molecule has 1 aromatic carbocycles. The van der Waals surface area contributed by atoms with Crippen LogP contribution in [0, 0.1) is 0 Å². The van der Waals surface area contributed by atoms with Gasteiger partial charge in [0, 0.05) is 26.9 Å². The standard InChI is InChI=1S/C11H11N3OS3/c1-16-7-3-2-4-8(9(7)10(12)14-15)18-11-13-5-6-17-11/h2-6,15H,1H3,(H2,12,14). The van der Waals surface area contributed by atoms with Crippen molar-refractivity contribution in [1.29, 1.82) is 0 Å². The lowest BCUT2D eigenvalue weighted by molar-refractivity contribution is 0.318. The zero-order valence-corrected chi connectivity index (χ0v) is 12.0. The summed E-state index contributed by atoms with van der Waals surface area (Å²) in [7, 11) is 0. The minimum absolute atomic E-state index is 0.124. The number of benzene rings is 1. The van der Waals surface area contributed by atoms with E-state index in [1.54, 1.807) is 29.3 Å². The Bertz CT molecular complexity index is 555. The van der Waals surface area contributed by atoms with Gasteiger partial charge in [-0.1, -0.05) is 23.0 Å². The molecule has 0 aliphatic rings. The van der Waals surface area contributed by atoms with Crippen LogP contribution in [0.15, 0.2) is 49.1 Å². The van der Waals surface area contributed by atoms with Crippen molar-refractivity contribution in [2.75, 3.05) is 6.26 Å². The summed E-state index contributed by atoms with van der Waals surface area (Å²) in [5.41, 5.74) is 6.51. The first-order valence-electron chi connectivity index (χ1n) is 4.98. The summed E-state index contributed by atoms with van der Waals surface area (Å²) in [4.78, 5) is 6.14. The van der Waals surface area contributed by atoms with Gasteiger partial charge in [-0.2, -0.15) is 0 Å². The number of hydrogen-bond donors (Lipinski definition) is 2. The van der Waals surface area contributed by atoms with Gasteiger partial charge in [0.1, 0.15) is 0 Å². The number of nitrogens with two attached hydrogens (primary N) is 1. The van der Waals surface area contributed by atoms with Gasteiger partial charge in [0.2, 0.25) is 0 Å². The maximum absolute atomic E-state index is 8.89. The van der Waals surface area contributed by atoms with Gasteiger partial charge in [0.25, 0.3) is 0 Å². The van der Waals surface area contributed by atoms with Crippen LogP contribution in [0.3, 0.4) is 0 Å². The van der Waals surface area contributed by atoms with Crippen LogP contribution < -0.4 is 5.73 Å². The molecule has 1 heterocycles. The lowest BCUT2D eigenvalue weighted by atomic mass is 10.2. The van der Waals surface area contributed by atoms with Crippen molar-refractivity contribution in [3.63, 3.8) is 0 Å². The molecular weight excluding hydrogens is 286 g/mol. The Morgan fingerprint density at radius 1 is 1.44 bits per heavy atom. The molecule has 0 amide bonds. The van der Waals surface area contributed by atoms with Crippen molar-refractivity contribution in [2.24, 2.45) is 10.9 Å². The third-order valence-electron chi connectivity index (χ3n) is 2.18. The fraction of sp³-hybridized carbons (Fsp3) is 0.0909. The normalized spacial score (nSPS) is 11.7. The van der Waals surface area contributed by atoms with Crippen molar-refractivity contribution in [3.05, 3.63) is 35.3 Å². The molecule has 0 aliphatic heterocycles. The van der Waals surface area contributed by atoms with Gasteiger partial charge >= 0.3 is 0 Å². The van der Waals surface area contributed by atoms with E-state index in [1.807, 2.05) is 29.8 Å². The number of amidine groups is 1. The molecule has 4 nitrogen and oxygen atoms in total. The highest BCUT2D eigenvalue weighted by molar-refractivity contribution is 8.01. The molecule has 0 saturated heterocycles. The summed E-state index contributed by atoms with van der Waals surface area (Å²) in [6, 6.07) is 5.85. The highest BCUT2D eigenvalue weighted by Gasteiger charge is 2.14. The van der Waals surface area contributed by atoms with Crippen LogP contribution in [0.2, 0.25) is 0 Å². The quantitative estimate of drug-likeness (QED) is 0.298. The van der Waals surface area contributed by atoms with E-state index < -0.39 is 0 Å². The maximum Gasteiger partial charge on any atom is 0.172 e. The van der Waals surface area contributed by atoms with Crippen LogP contribution in [0.4, 0.5) is 0 Å². The predicted octanol–water partition coefficient (Wildman–Crippen LogP) is 3.11. The van der Waals surface area contributed by atoms with Crippen LogP contribution in [-0.2, 0) is 0 Å². The number of oxime groups is 1. The number of aromatic nitrogens is 1. The van der Waals surface area contributed by atoms with E-state index in [4.69, 9.17) is 10.9 Å². The lowest BCUT2D eigenvalue weighted by Gasteiger charge is -2.10. The van der Waals surface area contributed by atoms with Crippen molar-refractivity contribution >= 4 is 40.7 Å². The third kappa shape index (κ3) is 2.80. The second kappa shape index (κ2) is 6.12. The zero-order valence-electron chi connectivity index (χ0n) is 9.53. The van der Waals surface area contributed by atoms with E-state index in [0.29, 0.717) is 0 Å². The van der Waals surface area contributed by atoms with Gasteiger partial charge < -0.3 is 10.9 Å². The van der Waals surface area contributed by atoms with E-state index in [0.717, 1.165) is 19.7 Å². The molecule has 3 N–H and O–H groups in total. The molecule has 0 aliphatic carbocycles. The molecule has 0 spiro atoms. The molecule has 2 rings (SSSR count). The fourth-order valence-electron chi connectivity index (χ4n) is 1.42. The Labute approximate surface area is 117 Å². The SMILES string of the molecule is CSc1cccc(Sc2nccs2)c1/C(N)=N/O. The largest absolute Gasteiger partial charge is 0.409 e. The molecule has 0 atom stereocenters. The van der Waals surface area contributed by atoms with E-state index in [1.165, 1.54) is 11.8 Å². The van der Waals surface area contributed by atoms with Crippen molar-refractivity contribution in [2.45, 2.75) is 14.1 Å². The summed E-state index contributed by atoms with van der Waals surface area (Å²) in [5.74, 6) is 0.124. The van der Waals surface area contributed by atoms with Gasteiger partial charge in [-0.15, -0.1) is 23.1 Å². The summed E-state index contributed by atoms with van der Waals surface area (Å²) in [6.45, 7) is 0. The smallest absolute Gasteiger partial charge is 0.172 e. The Hall–Kier alpha value is -1.18. The Morgan fingerprint density at radius 3 is 2.83 bits per heavy atom. The average Bonchev–Trinajstić information content (AvgIpc) is 2.90. The summed E-state index contributed by atoms with van der Waals surface area (Å²) in [5, 5.41) is 13.9. The first-order valence-corrected chi connectivity index (χ1v) is 7.90. The Kier molecular flexibility index (Phi) is 4.51. The monoisotopic (exact) mass is 297 g/mol. The van der Waals surface area contributed by atoms with Crippen molar-refractivity contribution in [3.8, 4) is 0 Å². The van der Waals surface area contributed by atoms with Gasteiger partial charge in [-0.05, 0) is 18.4 Å². The van der Waals surface area contributed by atoms with Gasteiger partial charge in [0.05, 0.1) is 0 Å². The highest BCUT2D eigenvalue weighted by Crippen LogP contribution is 2.35. The van der Waals surface area contributed by atoms with Crippen LogP contribution in [0.1, 0.15) is 5.56 Å². The molecule has 2 aromatic rings. The maximum atomic E-state index is 8.89. The van der Waals surface area contributed by atoms with Gasteiger partial charge in [0.15, 0.2) is 10.2 Å². The zero-order chi connectivity index (χ0) is 13.0. The molecule has 0 saturated carbocycles. The Morgan fingerprint density at radius 2 is 2.22 bits per heavy atom. The van der Waals surface area contributed by atoms with E-state index in [9.17, 15) is 0 Å². The second-order valence-corrected chi connectivity index (χ2v) is 6.25. The number of hydrogen-bond acceptors (Lipinski definition) is 6. The van der Waals surface area contributed by atoms with Crippen molar-refractivity contribution in [1.82, 2.24) is 4.98 Å². The molecule has 0 fully saturated rings. The lowest BCUT2D eigenvalue weighted by Crippen LogP contribution is -2.15. The summed E-state index contributed by atoms with van der Waals surface area (Å²) in [6.07, 6.45) is 3.72. The Balaban J connectivity index is 2.46. The fourth-order valence-corrected chi connectivity index (χ4v) is 3.87. The average molecular weight is 297 g/mol. The van der Waals surface area contributed by atoms with Crippen LogP contribution >= 0.6 is 34.9 Å². The molecular formula is C11H11N3OS3. The van der Waals surface area contributed by atoms with Crippen molar-refractivity contribution < 1.29 is 5.21 Å². The van der Waals surface area contributed by atoms with Crippen LogP contribution in [-0.4, -0.2) is 22.3 Å². The van der Waals surface area contributed by atoms with E-state index in [2.05, 4.69) is 10.1 Å². The molecule has 94 valence electrons. The highest BCUT2D eigenvalue weighted by atomic mass is 32.2. The second-order valence-electron chi connectivity index (χ2n) is 3.22. The number of thiazole rings is 1. The number of nitrogens with zero attached hydrogens (tertiary/aromatic N) is 2. The minimum Gasteiger partial charge on any atom is -0.409 e. The van der Waals surface area contributed by atoms with E-state index in [-0.39, 0.29) is 5.84 Å². The first-order chi connectivity index (χ1) is 8.76. The summed E-state index contributed by atoms with van der Waals surface area (Å²) < 4.78 is 0.931. The van der Waals surface area contributed by atoms with Crippen LogP contribution in [0.5, 0.6) is 0 Å². The first kappa shape index (κ1) is 13.3. The van der Waals surface area contributed by atoms with Gasteiger partial charge in [-0.25, -0.2) is 4.98 Å². The molecule has 7 heteroatoms. The van der Waals surface area contributed by atoms with Gasteiger partial charge in [-0.3, -0.25) is 0 Å². The van der Waals surface area contributed by atoms with Crippen LogP contribution in [0.25, 0.3) is 0 Å². The summed E-state index contributed by atoms with van der Waals surface area (Å²) >= 11 is 4.64. The predicted molar refractivity (Wildman–Crippen MR) is 77.0 cm³/mol. The third-order valence-corrected chi connectivity index (χ3v) is 4.90. The number of thioether (sulfide) groups is 1. The molecule has 0 unspecified atom stereocenters. The van der Waals surface area contributed by atoms with E-state index >= 15 is 0 Å². The molecule has 1 aromatic heterocycles. The topological polar surface area (TPSA) is 71.5 Å². The molecule has 0 radical (unpaired) electrons.